The highest BCUT2D eigenvalue weighted by molar-refractivity contribution is 7.90. The van der Waals surface area contributed by atoms with Crippen LogP contribution < -0.4 is 10.5 Å². The summed E-state index contributed by atoms with van der Waals surface area (Å²) < 4.78 is 32.0. The highest BCUT2D eigenvalue weighted by Crippen LogP contribution is 2.27. The summed E-state index contributed by atoms with van der Waals surface area (Å²) in [5.41, 5.74) is 7.43. The van der Waals surface area contributed by atoms with E-state index in [0.29, 0.717) is 18.1 Å². The van der Waals surface area contributed by atoms with Gasteiger partial charge in [0.2, 0.25) is 0 Å². The molecule has 0 bridgehead atoms. The van der Waals surface area contributed by atoms with Crippen LogP contribution in [0.3, 0.4) is 0 Å². The molecular weight excluding hydrogens is 290 g/mol. The number of rotatable bonds is 5. The minimum absolute atomic E-state index is 0.0901. The first-order valence-corrected chi connectivity index (χ1v) is 8.23. The molecule has 0 atom stereocenters. The van der Waals surface area contributed by atoms with Gasteiger partial charge in [-0.3, -0.25) is 4.68 Å². The Bertz CT molecular complexity index is 751. The fraction of sp³-hybridized carbons (Fsp3) is 0.357. The van der Waals surface area contributed by atoms with E-state index in [1.165, 1.54) is 6.07 Å². The minimum atomic E-state index is -3.56. The van der Waals surface area contributed by atoms with Crippen molar-refractivity contribution >= 4 is 15.5 Å². The number of anilines is 1. The van der Waals surface area contributed by atoms with E-state index in [9.17, 15) is 8.42 Å². The smallest absolute Gasteiger partial charge is 0.186 e. The molecule has 0 aliphatic heterocycles. The van der Waals surface area contributed by atoms with E-state index in [1.54, 1.807) is 29.9 Å². The molecule has 2 aromatic rings. The standard InChI is InChI=1S/C14H19N3O3S/c1-4-20-12-5-6-13(15)14(8-12)21(18,19)9-11-7-10(2)16-17(11)3/h5-8H,4,9,15H2,1-3H3. The molecule has 0 amide bonds. The molecule has 2 rings (SSSR count). The molecule has 1 heterocycles. The second-order valence-electron chi connectivity index (χ2n) is 4.79. The van der Waals surface area contributed by atoms with E-state index >= 15 is 0 Å². The zero-order chi connectivity index (χ0) is 15.6. The second kappa shape index (κ2) is 5.77. The van der Waals surface area contributed by atoms with Crippen molar-refractivity contribution in [1.82, 2.24) is 9.78 Å². The normalized spacial score (nSPS) is 11.6. The molecule has 1 aromatic carbocycles. The molecule has 21 heavy (non-hydrogen) atoms. The summed E-state index contributed by atoms with van der Waals surface area (Å²) >= 11 is 0. The van der Waals surface area contributed by atoms with E-state index in [0.717, 1.165) is 5.69 Å². The summed E-state index contributed by atoms with van der Waals surface area (Å²) in [6.07, 6.45) is 0. The molecule has 0 fully saturated rings. The number of benzene rings is 1. The fourth-order valence-electron chi connectivity index (χ4n) is 2.11. The van der Waals surface area contributed by atoms with E-state index in [4.69, 9.17) is 10.5 Å². The number of hydrogen-bond acceptors (Lipinski definition) is 5. The maximum absolute atomic E-state index is 12.6. The van der Waals surface area contributed by atoms with Crippen molar-refractivity contribution < 1.29 is 13.2 Å². The van der Waals surface area contributed by atoms with Gasteiger partial charge in [0.1, 0.15) is 5.75 Å². The summed E-state index contributed by atoms with van der Waals surface area (Å²) in [4.78, 5) is 0.0901. The van der Waals surface area contributed by atoms with Gasteiger partial charge in [-0.1, -0.05) is 0 Å². The highest BCUT2D eigenvalue weighted by atomic mass is 32.2. The van der Waals surface area contributed by atoms with Crippen LogP contribution in [0.4, 0.5) is 5.69 Å². The summed E-state index contributed by atoms with van der Waals surface area (Å²) in [7, 11) is -1.84. The van der Waals surface area contributed by atoms with Crippen LogP contribution in [0.25, 0.3) is 0 Å². The molecular formula is C14H19N3O3S. The fourth-order valence-corrected chi connectivity index (χ4v) is 3.65. The average molecular weight is 309 g/mol. The maximum atomic E-state index is 12.6. The zero-order valence-corrected chi connectivity index (χ0v) is 13.1. The van der Waals surface area contributed by atoms with Gasteiger partial charge in [0.25, 0.3) is 0 Å². The Morgan fingerprint density at radius 2 is 2.05 bits per heavy atom. The minimum Gasteiger partial charge on any atom is -0.494 e. The number of ether oxygens (including phenoxy) is 1. The van der Waals surface area contributed by atoms with Crippen molar-refractivity contribution in [3.05, 3.63) is 35.7 Å². The molecule has 0 radical (unpaired) electrons. The van der Waals surface area contributed by atoms with Crippen LogP contribution in [-0.2, 0) is 22.6 Å². The quantitative estimate of drug-likeness (QED) is 0.849. The van der Waals surface area contributed by atoms with Gasteiger partial charge < -0.3 is 10.5 Å². The van der Waals surface area contributed by atoms with E-state index in [2.05, 4.69) is 5.10 Å². The first-order valence-electron chi connectivity index (χ1n) is 6.58. The van der Waals surface area contributed by atoms with Gasteiger partial charge in [0.15, 0.2) is 9.84 Å². The largest absolute Gasteiger partial charge is 0.494 e. The van der Waals surface area contributed by atoms with Crippen LogP contribution in [-0.4, -0.2) is 24.8 Å². The molecule has 2 N–H and O–H groups in total. The van der Waals surface area contributed by atoms with Gasteiger partial charge in [-0.05, 0) is 32.0 Å². The molecule has 1 aromatic heterocycles. The van der Waals surface area contributed by atoms with Gasteiger partial charge in [0, 0.05) is 13.1 Å². The molecule has 0 unspecified atom stereocenters. The SMILES string of the molecule is CCOc1ccc(N)c(S(=O)(=O)Cc2cc(C)nn2C)c1. The van der Waals surface area contributed by atoms with E-state index < -0.39 is 9.84 Å². The summed E-state index contributed by atoms with van der Waals surface area (Å²) in [6.45, 7) is 4.12. The summed E-state index contributed by atoms with van der Waals surface area (Å²) in [5, 5.41) is 4.15. The molecule has 0 aliphatic rings. The Kier molecular flexibility index (Phi) is 4.22. The topological polar surface area (TPSA) is 87.2 Å². The van der Waals surface area contributed by atoms with Gasteiger partial charge >= 0.3 is 0 Å². The summed E-state index contributed by atoms with van der Waals surface area (Å²) in [5.74, 6) is 0.343. The van der Waals surface area contributed by atoms with E-state index in [-0.39, 0.29) is 16.3 Å². The predicted octanol–water partition coefficient (Wildman–Crippen LogP) is 1.68. The lowest BCUT2D eigenvalue weighted by atomic mass is 10.3. The van der Waals surface area contributed by atoms with Crippen molar-refractivity contribution in [2.24, 2.45) is 7.05 Å². The maximum Gasteiger partial charge on any atom is 0.186 e. The monoisotopic (exact) mass is 309 g/mol. The molecule has 6 nitrogen and oxygen atoms in total. The number of aromatic nitrogens is 2. The molecule has 7 heteroatoms. The Morgan fingerprint density at radius 1 is 1.33 bits per heavy atom. The number of hydrogen-bond donors (Lipinski definition) is 1. The number of sulfone groups is 1. The lowest BCUT2D eigenvalue weighted by Crippen LogP contribution is -2.11. The Labute approximate surface area is 124 Å². The van der Waals surface area contributed by atoms with Crippen molar-refractivity contribution in [2.75, 3.05) is 12.3 Å². The summed E-state index contributed by atoms with van der Waals surface area (Å²) in [6, 6.07) is 6.43. The highest BCUT2D eigenvalue weighted by Gasteiger charge is 2.21. The van der Waals surface area contributed by atoms with Gasteiger partial charge in [0.05, 0.1) is 34.3 Å². The van der Waals surface area contributed by atoms with Crippen LogP contribution in [0.2, 0.25) is 0 Å². The lowest BCUT2D eigenvalue weighted by Gasteiger charge is -2.10. The van der Waals surface area contributed by atoms with Gasteiger partial charge in [-0.15, -0.1) is 0 Å². The molecule has 0 spiro atoms. The Morgan fingerprint density at radius 3 is 2.62 bits per heavy atom. The zero-order valence-electron chi connectivity index (χ0n) is 12.3. The third kappa shape index (κ3) is 3.36. The third-order valence-corrected chi connectivity index (χ3v) is 4.77. The van der Waals surface area contributed by atoms with Crippen LogP contribution in [0.15, 0.2) is 29.2 Å². The number of aryl methyl sites for hydroxylation is 2. The third-order valence-electron chi connectivity index (χ3n) is 3.07. The average Bonchev–Trinajstić information content (AvgIpc) is 2.69. The van der Waals surface area contributed by atoms with Crippen LogP contribution in [0.1, 0.15) is 18.3 Å². The van der Waals surface area contributed by atoms with Crippen molar-refractivity contribution in [2.45, 2.75) is 24.5 Å². The lowest BCUT2D eigenvalue weighted by molar-refractivity contribution is 0.339. The second-order valence-corrected chi connectivity index (χ2v) is 6.75. The van der Waals surface area contributed by atoms with Crippen molar-refractivity contribution in [3.63, 3.8) is 0 Å². The number of nitrogens with zero attached hydrogens (tertiary/aromatic N) is 2. The number of nitrogens with two attached hydrogens (primary N) is 1. The van der Waals surface area contributed by atoms with Gasteiger partial charge in [-0.2, -0.15) is 5.10 Å². The van der Waals surface area contributed by atoms with E-state index in [1.807, 2.05) is 13.8 Å². The predicted molar refractivity (Wildman–Crippen MR) is 80.9 cm³/mol. The van der Waals surface area contributed by atoms with Crippen molar-refractivity contribution in [3.8, 4) is 5.75 Å². The van der Waals surface area contributed by atoms with Gasteiger partial charge in [-0.25, -0.2) is 8.42 Å². The number of nitrogen functional groups attached to an aromatic ring is 1. The molecule has 0 saturated carbocycles. The molecule has 114 valence electrons. The molecule has 0 aliphatic carbocycles. The Hall–Kier alpha value is -2.02. The van der Waals surface area contributed by atoms with Crippen LogP contribution in [0.5, 0.6) is 5.75 Å². The Balaban J connectivity index is 2.39. The van der Waals surface area contributed by atoms with Crippen molar-refractivity contribution in [1.29, 1.82) is 0 Å². The first-order chi connectivity index (χ1) is 9.83. The van der Waals surface area contributed by atoms with Crippen LogP contribution >= 0.6 is 0 Å². The van der Waals surface area contributed by atoms with Crippen LogP contribution in [0, 0.1) is 6.92 Å². The molecule has 0 saturated heterocycles. The first kappa shape index (κ1) is 15.4.